The molecular formula is C18H23N3OS. The minimum Gasteiger partial charge on any atom is -0.325 e. The van der Waals surface area contributed by atoms with Crippen molar-refractivity contribution in [2.24, 2.45) is 5.92 Å². The van der Waals surface area contributed by atoms with E-state index in [1.807, 2.05) is 35.2 Å². The van der Waals surface area contributed by atoms with Crippen molar-refractivity contribution in [2.45, 2.75) is 32.7 Å². The fourth-order valence-electron chi connectivity index (χ4n) is 3.12. The van der Waals surface area contributed by atoms with Crippen molar-refractivity contribution in [3.8, 4) is 11.3 Å². The molecule has 0 bridgehead atoms. The zero-order chi connectivity index (χ0) is 16.2. The minimum atomic E-state index is 0.00983. The Morgan fingerprint density at radius 3 is 2.83 bits per heavy atom. The van der Waals surface area contributed by atoms with Gasteiger partial charge in [0.05, 0.1) is 17.2 Å². The number of carbonyl (C=O) groups excluding carboxylic acids is 1. The van der Waals surface area contributed by atoms with Crippen molar-refractivity contribution in [1.82, 2.24) is 9.88 Å². The number of hydrogen-bond acceptors (Lipinski definition) is 4. The van der Waals surface area contributed by atoms with Crippen LogP contribution >= 0.6 is 11.3 Å². The van der Waals surface area contributed by atoms with Gasteiger partial charge in [-0.25, -0.2) is 4.98 Å². The summed E-state index contributed by atoms with van der Waals surface area (Å²) in [5.74, 6) is 0.699. The summed E-state index contributed by atoms with van der Waals surface area (Å²) in [6.07, 6.45) is 2.06. The number of benzene rings is 1. The number of anilines is 1. The molecule has 1 amide bonds. The molecule has 1 N–H and O–H groups in total. The first-order valence-corrected chi connectivity index (χ1v) is 9.11. The van der Waals surface area contributed by atoms with Gasteiger partial charge in [0, 0.05) is 23.2 Å². The lowest BCUT2D eigenvalue weighted by molar-refractivity contribution is -0.120. The maximum absolute atomic E-state index is 12.6. The van der Waals surface area contributed by atoms with Crippen LogP contribution in [0.1, 0.15) is 26.7 Å². The highest BCUT2D eigenvalue weighted by Crippen LogP contribution is 2.23. The third-order valence-electron chi connectivity index (χ3n) is 4.15. The molecule has 1 saturated heterocycles. The Hall–Kier alpha value is -1.72. The maximum atomic E-state index is 12.6. The van der Waals surface area contributed by atoms with Crippen LogP contribution in [0.4, 0.5) is 5.69 Å². The lowest BCUT2D eigenvalue weighted by Gasteiger charge is -2.25. The van der Waals surface area contributed by atoms with E-state index in [4.69, 9.17) is 0 Å². The third-order valence-corrected chi connectivity index (χ3v) is 4.73. The topological polar surface area (TPSA) is 45.2 Å². The molecule has 0 radical (unpaired) electrons. The average molecular weight is 329 g/mol. The molecule has 23 heavy (non-hydrogen) atoms. The second-order valence-electron chi connectivity index (χ2n) is 6.49. The van der Waals surface area contributed by atoms with Crippen LogP contribution in [0.25, 0.3) is 11.3 Å². The summed E-state index contributed by atoms with van der Waals surface area (Å²) in [4.78, 5) is 19.2. The summed E-state index contributed by atoms with van der Waals surface area (Å²) < 4.78 is 0. The molecule has 1 aliphatic heterocycles. The number of carbonyl (C=O) groups is 1. The van der Waals surface area contributed by atoms with E-state index in [9.17, 15) is 4.79 Å². The van der Waals surface area contributed by atoms with Gasteiger partial charge in [0.2, 0.25) is 5.91 Å². The first kappa shape index (κ1) is 16.1. The van der Waals surface area contributed by atoms with Gasteiger partial charge in [-0.15, -0.1) is 11.3 Å². The van der Waals surface area contributed by atoms with Gasteiger partial charge in [-0.3, -0.25) is 9.69 Å². The van der Waals surface area contributed by atoms with Gasteiger partial charge < -0.3 is 5.32 Å². The van der Waals surface area contributed by atoms with Crippen LogP contribution in [0.15, 0.2) is 35.2 Å². The van der Waals surface area contributed by atoms with E-state index in [0.29, 0.717) is 5.92 Å². The van der Waals surface area contributed by atoms with Crippen LogP contribution in [0.5, 0.6) is 0 Å². The fraction of sp³-hybridized carbons (Fsp3) is 0.444. The molecular weight excluding hydrogens is 306 g/mol. The van der Waals surface area contributed by atoms with Gasteiger partial charge in [-0.05, 0) is 37.4 Å². The van der Waals surface area contributed by atoms with Crippen molar-refractivity contribution in [3.05, 3.63) is 35.2 Å². The highest BCUT2D eigenvalue weighted by Gasteiger charge is 2.30. The Labute approximate surface area is 141 Å². The van der Waals surface area contributed by atoms with Crippen molar-refractivity contribution in [2.75, 3.05) is 18.4 Å². The SMILES string of the molecule is CC(C)CN1CCC[C@H]1C(=O)Nc1ccc(-c2cscn2)cc1. The van der Waals surface area contributed by atoms with Crippen molar-refractivity contribution in [1.29, 1.82) is 0 Å². The Morgan fingerprint density at radius 2 is 2.17 bits per heavy atom. The van der Waals surface area contributed by atoms with E-state index in [1.54, 1.807) is 11.3 Å². The smallest absolute Gasteiger partial charge is 0.241 e. The molecule has 1 atom stereocenters. The van der Waals surface area contributed by atoms with Crippen LogP contribution in [-0.4, -0.2) is 34.9 Å². The molecule has 3 rings (SSSR count). The van der Waals surface area contributed by atoms with E-state index in [1.165, 1.54) is 0 Å². The molecule has 0 aliphatic carbocycles. The predicted molar refractivity (Wildman–Crippen MR) is 95.6 cm³/mol. The van der Waals surface area contributed by atoms with Crippen molar-refractivity contribution in [3.63, 3.8) is 0 Å². The van der Waals surface area contributed by atoms with Crippen LogP contribution in [0.2, 0.25) is 0 Å². The van der Waals surface area contributed by atoms with E-state index >= 15 is 0 Å². The monoisotopic (exact) mass is 329 g/mol. The number of amides is 1. The van der Waals surface area contributed by atoms with Gasteiger partial charge in [0.15, 0.2) is 0 Å². The Balaban J connectivity index is 1.63. The summed E-state index contributed by atoms with van der Waals surface area (Å²) in [6, 6.07) is 7.93. The standard InChI is InChI=1S/C18H23N3OS/c1-13(2)10-21-9-3-4-17(21)18(22)20-15-7-5-14(6-8-15)16-11-23-12-19-16/h5-8,11-13,17H,3-4,9-10H2,1-2H3,(H,20,22)/t17-/m0/s1. The van der Waals surface area contributed by atoms with Crippen LogP contribution < -0.4 is 5.32 Å². The first-order valence-electron chi connectivity index (χ1n) is 8.17. The number of likely N-dealkylation sites (tertiary alicyclic amines) is 1. The normalized spacial score (nSPS) is 18.5. The van der Waals surface area contributed by atoms with E-state index < -0.39 is 0 Å². The quantitative estimate of drug-likeness (QED) is 0.906. The molecule has 1 aromatic carbocycles. The largest absolute Gasteiger partial charge is 0.325 e. The highest BCUT2D eigenvalue weighted by atomic mass is 32.1. The molecule has 1 aliphatic rings. The second kappa shape index (κ2) is 7.23. The van der Waals surface area contributed by atoms with Crippen LogP contribution in [-0.2, 0) is 4.79 Å². The molecule has 5 heteroatoms. The molecule has 0 unspecified atom stereocenters. The zero-order valence-corrected chi connectivity index (χ0v) is 14.5. The van der Waals surface area contributed by atoms with Gasteiger partial charge in [-0.1, -0.05) is 26.0 Å². The summed E-state index contributed by atoms with van der Waals surface area (Å²) >= 11 is 1.58. The summed E-state index contributed by atoms with van der Waals surface area (Å²) in [6.45, 7) is 6.41. The van der Waals surface area contributed by atoms with Crippen LogP contribution in [0.3, 0.4) is 0 Å². The van der Waals surface area contributed by atoms with Crippen LogP contribution in [0, 0.1) is 5.92 Å². The number of hydrogen-bond donors (Lipinski definition) is 1. The predicted octanol–water partition coefficient (Wildman–Crippen LogP) is 3.87. The first-order chi connectivity index (χ1) is 11.1. The maximum Gasteiger partial charge on any atom is 0.241 e. The number of thiazole rings is 1. The lowest BCUT2D eigenvalue weighted by atomic mass is 10.1. The number of aromatic nitrogens is 1. The minimum absolute atomic E-state index is 0.00983. The summed E-state index contributed by atoms with van der Waals surface area (Å²) in [7, 11) is 0. The molecule has 0 spiro atoms. The number of nitrogens with one attached hydrogen (secondary N) is 1. The van der Waals surface area contributed by atoms with Gasteiger partial charge in [0.25, 0.3) is 0 Å². The molecule has 0 saturated carbocycles. The third kappa shape index (κ3) is 3.98. The zero-order valence-electron chi connectivity index (χ0n) is 13.7. The number of rotatable bonds is 5. The van der Waals surface area contributed by atoms with Crippen molar-refractivity contribution < 1.29 is 4.79 Å². The average Bonchev–Trinajstić information content (AvgIpc) is 3.18. The molecule has 2 aromatic rings. The Morgan fingerprint density at radius 1 is 1.39 bits per heavy atom. The van der Waals surface area contributed by atoms with E-state index in [0.717, 1.165) is 42.9 Å². The Kier molecular flexibility index (Phi) is 5.08. The molecule has 1 fully saturated rings. The molecule has 2 heterocycles. The van der Waals surface area contributed by atoms with Crippen molar-refractivity contribution >= 4 is 22.9 Å². The van der Waals surface area contributed by atoms with E-state index in [-0.39, 0.29) is 11.9 Å². The second-order valence-corrected chi connectivity index (χ2v) is 7.21. The molecule has 122 valence electrons. The van der Waals surface area contributed by atoms with E-state index in [2.05, 4.69) is 29.0 Å². The molecule has 1 aromatic heterocycles. The van der Waals surface area contributed by atoms with Gasteiger partial charge in [-0.2, -0.15) is 0 Å². The van der Waals surface area contributed by atoms with Gasteiger partial charge in [0.1, 0.15) is 0 Å². The summed E-state index contributed by atoms with van der Waals surface area (Å²) in [5, 5.41) is 5.08. The molecule has 4 nitrogen and oxygen atoms in total. The fourth-order valence-corrected chi connectivity index (χ4v) is 3.68. The Bertz CT molecular complexity index is 637. The van der Waals surface area contributed by atoms with Gasteiger partial charge >= 0.3 is 0 Å². The lowest BCUT2D eigenvalue weighted by Crippen LogP contribution is -2.41. The summed E-state index contributed by atoms with van der Waals surface area (Å²) in [5.41, 5.74) is 4.73. The highest BCUT2D eigenvalue weighted by molar-refractivity contribution is 7.07. The number of nitrogens with zero attached hydrogens (tertiary/aromatic N) is 2.